The molecule has 0 unspecified atom stereocenters. The zero-order valence-corrected chi connectivity index (χ0v) is 12.4. The van der Waals surface area contributed by atoms with Gasteiger partial charge in [-0.2, -0.15) is 0 Å². The molecule has 0 saturated heterocycles. The molecule has 2 aromatic heterocycles. The van der Waals surface area contributed by atoms with Crippen LogP contribution in [-0.4, -0.2) is 21.7 Å². The summed E-state index contributed by atoms with van der Waals surface area (Å²) in [5, 5.41) is 4.15. The summed E-state index contributed by atoms with van der Waals surface area (Å²) < 4.78 is 0. The van der Waals surface area contributed by atoms with E-state index >= 15 is 0 Å². The van der Waals surface area contributed by atoms with E-state index in [4.69, 9.17) is 11.6 Å². The highest BCUT2D eigenvalue weighted by Gasteiger charge is 2.19. The third-order valence-electron chi connectivity index (χ3n) is 3.34. The average molecular weight is 303 g/mol. The summed E-state index contributed by atoms with van der Waals surface area (Å²) >= 11 is 5.86. The number of amides is 1. The molecule has 3 rings (SSSR count). The number of amidine groups is 1. The van der Waals surface area contributed by atoms with Gasteiger partial charge in [0.15, 0.2) is 0 Å². The summed E-state index contributed by atoms with van der Waals surface area (Å²) in [6.07, 6.45) is 6.45. The first kappa shape index (κ1) is 13.8. The number of aliphatic imine (C=N–C) groups is 1. The van der Waals surface area contributed by atoms with E-state index < -0.39 is 0 Å². The Morgan fingerprint density at radius 3 is 3.05 bits per heavy atom. The Labute approximate surface area is 127 Å². The summed E-state index contributed by atoms with van der Waals surface area (Å²) in [6.45, 7) is 2.11. The number of halogens is 1. The SMILES string of the molecule is CCCCC1=NC(=Cc2c[nH]c3nc(Cl)ccc23)C(=O)N1. The molecule has 21 heavy (non-hydrogen) atoms. The van der Waals surface area contributed by atoms with Crippen LogP contribution in [0.25, 0.3) is 17.1 Å². The van der Waals surface area contributed by atoms with Gasteiger partial charge >= 0.3 is 0 Å². The van der Waals surface area contributed by atoms with Crippen molar-refractivity contribution in [2.24, 2.45) is 4.99 Å². The van der Waals surface area contributed by atoms with Crippen LogP contribution < -0.4 is 5.32 Å². The first-order valence-electron chi connectivity index (χ1n) is 6.91. The molecule has 108 valence electrons. The van der Waals surface area contributed by atoms with Gasteiger partial charge in [0.05, 0.1) is 0 Å². The number of H-pyrrole nitrogens is 1. The molecule has 0 aromatic carbocycles. The highest BCUT2D eigenvalue weighted by atomic mass is 35.5. The summed E-state index contributed by atoms with van der Waals surface area (Å²) in [5.41, 5.74) is 2.00. The predicted octanol–water partition coefficient (Wildman–Crippen LogP) is 3.28. The molecule has 0 atom stereocenters. The van der Waals surface area contributed by atoms with Gasteiger partial charge in [0.2, 0.25) is 0 Å². The molecule has 0 radical (unpaired) electrons. The van der Waals surface area contributed by atoms with Crippen LogP contribution in [0.15, 0.2) is 29.0 Å². The maximum Gasteiger partial charge on any atom is 0.275 e. The van der Waals surface area contributed by atoms with Crippen molar-refractivity contribution in [3.63, 3.8) is 0 Å². The molecule has 1 aliphatic rings. The van der Waals surface area contributed by atoms with Crippen molar-refractivity contribution >= 4 is 40.5 Å². The Morgan fingerprint density at radius 2 is 2.24 bits per heavy atom. The molecule has 2 N–H and O–H groups in total. The molecule has 1 aliphatic heterocycles. The first-order chi connectivity index (χ1) is 10.2. The first-order valence-corrected chi connectivity index (χ1v) is 7.29. The lowest BCUT2D eigenvalue weighted by atomic mass is 10.2. The second kappa shape index (κ2) is 5.69. The van der Waals surface area contributed by atoms with E-state index in [9.17, 15) is 4.79 Å². The van der Waals surface area contributed by atoms with Gasteiger partial charge < -0.3 is 10.3 Å². The van der Waals surface area contributed by atoms with E-state index in [1.807, 2.05) is 6.07 Å². The Morgan fingerprint density at radius 1 is 1.38 bits per heavy atom. The normalized spacial score (nSPS) is 16.6. The van der Waals surface area contributed by atoms with Crippen molar-refractivity contribution < 1.29 is 4.79 Å². The minimum Gasteiger partial charge on any atom is -0.345 e. The van der Waals surface area contributed by atoms with Crippen LogP contribution in [0.2, 0.25) is 5.15 Å². The number of hydrogen-bond donors (Lipinski definition) is 2. The molecule has 2 aromatic rings. The number of pyridine rings is 1. The second-order valence-electron chi connectivity index (χ2n) is 4.92. The zero-order chi connectivity index (χ0) is 14.8. The summed E-state index contributed by atoms with van der Waals surface area (Å²) in [7, 11) is 0. The van der Waals surface area contributed by atoms with Crippen molar-refractivity contribution in [2.45, 2.75) is 26.2 Å². The Hall–Kier alpha value is -2.14. The monoisotopic (exact) mass is 302 g/mol. The van der Waals surface area contributed by atoms with Crippen LogP contribution in [0.1, 0.15) is 31.7 Å². The van der Waals surface area contributed by atoms with Gasteiger partial charge in [-0.05, 0) is 24.6 Å². The number of rotatable bonds is 4. The molecule has 1 amide bonds. The van der Waals surface area contributed by atoms with Gasteiger partial charge in [-0.25, -0.2) is 9.98 Å². The van der Waals surface area contributed by atoms with Gasteiger partial charge in [0, 0.05) is 23.6 Å². The van der Waals surface area contributed by atoms with Crippen LogP contribution in [0.4, 0.5) is 0 Å². The highest BCUT2D eigenvalue weighted by Crippen LogP contribution is 2.22. The molecule has 6 heteroatoms. The molecule has 5 nitrogen and oxygen atoms in total. The largest absolute Gasteiger partial charge is 0.345 e. The smallest absolute Gasteiger partial charge is 0.275 e. The standard InChI is InChI=1S/C15H15ClN4O/c1-2-3-4-13-18-11(15(21)20-13)7-9-8-17-14-10(9)5-6-12(16)19-14/h5-8H,2-4H2,1H3,(H,17,19)(H,18,20,21). The maximum absolute atomic E-state index is 11.9. The molecule has 0 aliphatic carbocycles. The number of hydrogen-bond acceptors (Lipinski definition) is 3. The van der Waals surface area contributed by atoms with Gasteiger partial charge in [0.1, 0.15) is 22.3 Å². The van der Waals surface area contributed by atoms with Gasteiger partial charge in [-0.1, -0.05) is 24.9 Å². The number of nitrogens with zero attached hydrogens (tertiary/aromatic N) is 2. The van der Waals surface area contributed by atoms with Crippen LogP contribution in [0, 0.1) is 0 Å². The van der Waals surface area contributed by atoms with Gasteiger partial charge in [-0.3, -0.25) is 4.79 Å². The van der Waals surface area contributed by atoms with Crippen molar-refractivity contribution in [1.29, 1.82) is 0 Å². The molecular weight excluding hydrogens is 288 g/mol. The van der Waals surface area contributed by atoms with E-state index in [0.29, 0.717) is 16.5 Å². The van der Waals surface area contributed by atoms with Gasteiger partial charge in [0.25, 0.3) is 5.91 Å². The van der Waals surface area contributed by atoms with E-state index in [1.165, 1.54) is 0 Å². The molecule has 3 heterocycles. The van der Waals surface area contributed by atoms with Crippen LogP contribution in [0.3, 0.4) is 0 Å². The Bertz CT molecular complexity index is 760. The maximum atomic E-state index is 11.9. The number of carbonyl (C=O) groups excluding carboxylic acids is 1. The third-order valence-corrected chi connectivity index (χ3v) is 3.55. The second-order valence-corrected chi connectivity index (χ2v) is 5.31. The number of nitrogens with one attached hydrogen (secondary N) is 2. The van der Waals surface area contributed by atoms with Gasteiger partial charge in [-0.15, -0.1) is 0 Å². The number of unbranched alkanes of at least 4 members (excludes halogenated alkanes) is 1. The number of aromatic nitrogens is 2. The van der Waals surface area contributed by atoms with E-state index in [2.05, 4.69) is 27.2 Å². The molecule has 0 spiro atoms. The van der Waals surface area contributed by atoms with E-state index in [-0.39, 0.29) is 5.91 Å². The topological polar surface area (TPSA) is 70.1 Å². The Kier molecular flexibility index (Phi) is 3.75. The summed E-state index contributed by atoms with van der Waals surface area (Å²) in [6, 6.07) is 3.60. The summed E-state index contributed by atoms with van der Waals surface area (Å²) in [4.78, 5) is 23.5. The minimum atomic E-state index is -0.155. The number of fused-ring (bicyclic) bond motifs is 1. The fraction of sp³-hybridized carbons (Fsp3) is 0.267. The van der Waals surface area contributed by atoms with Crippen molar-refractivity contribution in [1.82, 2.24) is 15.3 Å². The number of carbonyl (C=O) groups is 1. The zero-order valence-electron chi connectivity index (χ0n) is 11.6. The molecule has 0 saturated carbocycles. The molecule has 0 bridgehead atoms. The van der Waals surface area contributed by atoms with Crippen molar-refractivity contribution in [3.8, 4) is 0 Å². The van der Waals surface area contributed by atoms with Crippen molar-refractivity contribution in [2.75, 3.05) is 0 Å². The third kappa shape index (κ3) is 2.83. The average Bonchev–Trinajstić information content (AvgIpc) is 3.01. The van der Waals surface area contributed by atoms with Crippen LogP contribution in [0.5, 0.6) is 0 Å². The summed E-state index contributed by atoms with van der Waals surface area (Å²) in [5.74, 6) is 0.589. The quantitative estimate of drug-likeness (QED) is 0.672. The van der Waals surface area contributed by atoms with E-state index in [1.54, 1.807) is 18.3 Å². The van der Waals surface area contributed by atoms with Crippen molar-refractivity contribution in [3.05, 3.63) is 34.7 Å². The van der Waals surface area contributed by atoms with Crippen LogP contribution >= 0.6 is 11.6 Å². The predicted molar refractivity (Wildman–Crippen MR) is 84.2 cm³/mol. The highest BCUT2D eigenvalue weighted by molar-refractivity contribution is 6.29. The molecular formula is C15H15ClN4O. The lowest BCUT2D eigenvalue weighted by molar-refractivity contribution is -0.115. The molecule has 0 fully saturated rings. The lowest BCUT2D eigenvalue weighted by Gasteiger charge is -1.96. The lowest BCUT2D eigenvalue weighted by Crippen LogP contribution is -2.23. The minimum absolute atomic E-state index is 0.155. The fourth-order valence-electron chi connectivity index (χ4n) is 2.25. The van der Waals surface area contributed by atoms with Crippen LogP contribution in [-0.2, 0) is 4.79 Å². The Balaban J connectivity index is 1.93. The van der Waals surface area contributed by atoms with E-state index in [0.717, 1.165) is 36.0 Å². The number of aromatic amines is 1. The fourth-order valence-corrected chi connectivity index (χ4v) is 2.40.